The molecule has 1 aromatic rings. The highest BCUT2D eigenvalue weighted by atomic mass is 32.2. The largest absolute Gasteiger partial charge is 0.507 e. The van der Waals surface area contributed by atoms with Crippen LogP contribution >= 0.6 is 11.8 Å². The number of aliphatic imine (C=N–C) groups is 1. The highest BCUT2D eigenvalue weighted by Crippen LogP contribution is 2.40. The number of phenolic OH excluding ortho intramolecular Hbond substituents is 1. The third-order valence-electron chi connectivity index (χ3n) is 3.68. The summed E-state index contributed by atoms with van der Waals surface area (Å²) in [5, 5.41) is 11.0. The third kappa shape index (κ3) is 7.29. The number of phenols is 1. The fraction of sp³-hybridized carbons (Fsp3) is 0.474. The maximum absolute atomic E-state index is 11.8. The predicted molar refractivity (Wildman–Crippen MR) is 115 cm³/mol. The summed E-state index contributed by atoms with van der Waals surface area (Å²) in [6.07, 6.45) is 2.51. The lowest BCUT2D eigenvalue weighted by Gasteiger charge is -2.28. The standard InChI is InChI=1S/C18H24N2O2S.CH4O3S/c1-17(2,3)11-7-10(8-12(14(11)21)18(4,5)6)9-13-15(22)20-16(19)23-13;1-5(2,3)4/h7-9,21H,1-6H3,(H2,19,20,22);1H3,(H,2,3,4)/b13-9-;. The molecule has 1 amide bonds. The van der Waals surface area contributed by atoms with Crippen LogP contribution in [0.25, 0.3) is 6.08 Å². The Labute approximate surface area is 170 Å². The molecule has 4 N–H and O–H groups in total. The molecule has 0 saturated heterocycles. The lowest BCUT2D eigenvalue weighted by Crippen LogP contribution is -2.17. The Kier molecular flexibility index (Phi) is 7.14. The van der Waals surface area contributed by atoms with Gasteiger partial charge in [0.2, 0.25) is 0 Å². The van der Waals surface area contributed by atoms with Crippen molar-refractivity contribution < 1.29 is 22.9 Å². The van der Waals surface area contributed by atoms with Gasteiger partial charge in [0.25, 0.3) is 16.0 Å². The van der Waals surface area contributed by atoms with Crippen LogP contribution in [0.1, 0.15) is 58.2 Å². The second kappa shape index (κ2) is 8.26. The van der Waals surface area contributed by atoms with Crippen LogP contribution < -0.4 is 5.73 Å². The van der Waals surface area contributed by atoms with Gasteiger partial charge in [-0.2, -0.15) is 13.4 Å². The number of carbonyl (C=O) groups excluding carboxylic acids is 1. The molecule has 0 aliphatic carbocycles. The van der Waals surface area contributed by atoms with Crippen LogP contribution in [0.2, 0.25) is 0 Å². The number of amides is 1. The van der Waals surface area contributed by atoms with E-state index in [2.05, 4.69) is 46.5 Å². The van der Waals surface area contributed by atoms with E-state index >= 15 is 0 Å². The zero-order valence-corrected chi connectivity index (χ0v) is 18.8. The Balaban J connectivity index is 0.000000696. The minimum Gasteiger partial charge on any atom is -0.507 e. The van der Waals surface area contributed by atoms with Gasteiger partial charge in [0.15, 0.2) is 5.17 Å². The van der Waals surface area contributed by atoms with Crippen LogP contribution in [0.5, 0.6) is 5.75 Å². The van der Waals surface area contributed by atoms with E-state index in [0.29, 0.717) is 16.9 Å². The summed E-state index contributed by atoms with van der Waals surface area (Å²) in [5.74, 6) is 0.0171. The van der Waals surface area contributed by atoms with Gasteiger partial charge in [0, 0.05) is 11.1 Å². The Hall–Kier alpha value is -1.84. The smallest absolute Gasteiger partial charge is 0.286 e. The Morgan fingerprint density at radius 2 is 1.46 bits per heavy atom. The van der Waals surface area contributed by atoms with Crippen LogP contribution in [-0.4, -0.2) is 35.4 Å². The van der Waals surface area contributed by atoms with E-state index in [0.717, 1.165) is 16.7 Å². The molecule has 0 saturated carbocycles. The first-order chi connectivity index (χ1) is 12.4. The normalized spacial score (nSPS) is 16.6. The first-order valence-corrected chi connectivity index (χ1v) is 11.1. The number of hydrogen-bond donors (Lipinski definition) is 3. The van der Waals surface area contributed by atoms with E-state index in [9.17, 15) is 18.3 Å². The van der Waals surface area contributed by atoms with Crippen molar-refractivity contribution in [3.63, 3.8) is 0 Å². The van der Waals surface area contributed by atoms with E-state index < -0.39 is 10.1 Å². The van der Waals surface area contributed by atoms with Gasteiger partial charge < -0.3 is 10.8 Å². The first-order valence-electron chi connectivity index (χ1n) is 8.48. The van der Waals surface area contributed by atoms with Gasteiger partial charge in [-0.1, -0.05) is 41.5 Å². The number of nitrogens with zero attached hydrogens (tertiary/aromatic N) is 1. The van der Waals surface area contributed by atoms with Crippen molar-refractivity contribution in [3.05, 3.63) is 33.7 Å². The molecular formula is C19H28N2O5S2. The van der Waals surface area contributed by atoms with Crippen molar-refractivity contribution in [2.24, 2.45) is 10.7 Å². The number of benzene rings is 1. The van der Waals surface area contributed by atoms with Crippen LogP contribution in [-0.2, 0) is 25.7 Å². The van der Waals surface area contributed by atoms with Crippen LogP contribution in [0.3, 0.4) is 0 Å². The Morgan fingerprint density at radius 1 is 1.07 bits per heavy atom. The Bertz CT molecular complexity index is 891. The summed E-state index contributed by atoms with van der Waals surface area (Å²) in [6.45, 7) is 12.3. The molecule has 1 heterocycles. The van der Waals surface area contributed by atoms with Crippen LogP contribution in [0, 0.1) is 0 Å². The third-order valence-corrected chi connectivity index (χ3v) is 4.50. The van der Waals surface area contributed by atoms with Crippen molar-refractivity contribution in [2.45, 2.75) is 52.4 Å². The molecule has 2 rings (SSSR count). The molecule has 28 heavy (non-hydrogen) atoms. The summed E-state index contributed by atoms with van der Waals surface area (Å²) in [4.78, 5) is 16.0. The SMILES string of the molecule is CC(C)(C)c1cc(/C=C2\SC(N)=NC2=O)cc(C(C)(C)C)c1O.CS(=O)(=O)O. The molecule has 1 aromatic carbocycles. The van der Waals surface area contributed by atoms with Crippen molar-refractivity contribution in [3.8, 4) is 5.75 Å². The lowest BCUT2D eigenvalue weighted by atomic mass is 9.78. The maximum Gasteiger partial charge on any atom is 0.286 e. The predicted octanol–water partition coefficient (Wildman–Crippen LogP) is 3.42. The minimum absolute atomic E-state index is 0.207. The molecule has 0 bridgehead atoms. The Morgan fingerprint density at radius 3 is 1.75 bits per heavy atom. The molecule has 0 radical (unpaired) electrons. The minimum atomic E-state index is -3.67. The molecule has 0 fully saturated rings. The number of rotatable bonds is 1. The highest BCUT2D eigenvalue weighted by molar-refractivity contribution is 8.18. The number of nitrogens with two attached hydrogens (primary N) is 1. The van der Waals surface area contributed by atoms with Gasteiger partial charge in [-0.15, -0.1) is 0 Å². The summed E-state index contributed by atoms with van der Waals surface area (Å²) >= 11 is 1.18. The van der Waals surface area contributed by atoms with Gasteiger partial charge in [-0.25, -0.2) is 0 Å². The van der Waals surface area contributed by atoms with Gasteiger partial charge >= 0.3 is 0 Å². The molecule has 0 atom stereocenters. The van der Waals surface area contributed by atoms with E-state index in [-0.39, 0.29) is 21.9 Å². The summed E-state index contributed by atoms with van der Waals surface area (Å²) in [5.41, 5.74) is 7.79. The van der Waals surface area contributed by atoms with Crippen molar-refractivity contribution in [1.29, 1.82) is 0 Å². The fourth-order valence-corrected chi connectivity index (χ4v) is 3.14. The quantitative estimate of drug-likeness (QED) is 0.461. The fourth-order valence-electron chi connectivity index (χ4n) is 2.46. The number of aromatic hydroxyl groups is 1. The number of hydrogen-bond acceptors (Lipinski definition) is 6. The second-order valence-electron chi connectivity index (χ2n) is 8.56. The zero-order chi connectivity index (χ0) is 22.1. The molecule has 1 aliphatic rings. The molecule has 156 valence electrons. The molecule has 1 aliphatic heterocycles. The van der Waals surface area contributed by atoms with Crippen LogP contribution in [0.15, 0.2) is 22.0 Å². The molecule has 0 unspecified atom stereocenters. The summed E-state index contributed by atoms with van der Waals surface area (Å²) < 4.78 is 25.9. The van der Waals surface area contributed by atoms with E-state index in [4.69, 9.17) is 10.3 Å². The monoisotopic (exact) mass is 428 g/mol. The van der Waals surface area contributed by atoms with E-state index in [1.165, 1.54) is 11.8 Å². The first kappa shape index (κ1) is 24.2. The van der Waals surface area contributed by atoms with Gasteiger partial charge in [-0.3, -0.25) is 9.35 Å². The summed E-state index contributed by atoms with van der Waals surface area (Å²) in [6, 6.07) is 3.86. The maximum atomic E-state index is 11.8. The number of thioether (sulfide) groups is 1. The summed E-state index contributed by atoms with van der Waals surface area (Å²) in [7, 11) is -3.67. The van der Waals surface area contributed by atoms with Gasteiger partial charge in [0.05, 0.1) is 11.2 Å². The molecule has 7 nitrogen and oxygen atoms in total. The zero-order valence-electron chi connectivity index (χ0n) is 17.2. The van der Waals surface area contributed by atoms with E-state index in [1.54, 1.807) is 6.08 Å². The van der Waals surface area contributed by atoms with Gasteiger partial charge in [0.1, 0.15) is 5.75 Å². The second-order valence-corrected chi connectivity index (χ2v) is 11.1. The number of carbonyl (C=O) groups is 1. The molecule has 9 heteroatoms. The average Bonchev–Trinajstić information content (AvgIpc) is 2.74. The van der Waals surface area contributed by atoms with Crippen LogP contribution in [0.4, 0.5) is 0 Å². The van der Waals surface area contributed by atoms with Crippen molar-refractivity contribution >= 4 is 39.0 Å². The number of amidine groups is 1. The van der Waals surface area contributed by atoms with Crippen molar-refractivity contribution in [1.82, 2.24) is 0 Å². The van der Waals surface area contributed by atoms with Crippen molar-refractivity contribution in [2.75, 3.05) is 6.26 Å². The average molecular weight is 429 g/mol. The van der Waals surface area contributed by atoms with E-state index in [1.807, 2.05) is 12.1 Å². The molecule has 0 aromatic heterocycles. The van der Waals surface area contributed by atoms with Gasteiger partial charge in [-0.05, 0) is 46.4 Å². The lowest BCUT2D eigenvalue weighted by molar-refractivity contribution is -0.113. The molecular weight excluding hydrogens is 400 g/mol. The highest BCUT2D eigenvalue weighted by Gasteiger charge is 2.27. The molecule has 0 spiro atoms. The topological polar surface area (TPSA) is 130 Å².